The Kier molecular flexibility index (Phi) is 6.86. The molecule has 1 atom stereocenters. The summed E-state index contributed by atoms with van der Waals surface area (Å²) < 4.78 is 0. The quantitative estimate of drug-likeness (QED) is 0.825. The summed E-state index contributed by atoms with van der Waals surface area (Å²) in [7, 11) is 2.30. The van der Waals surface area contributed by atoms with Crippen LogP contribution in [0.4, 0.5) is 0 Å². The van der Waals surface area contributed by atoms with Crippen LogP contribution in [0.1, 0.15) is 43.2 Å². The van der Waals surface area contributed by atoms with Crippen molar-refractivity contribution in [3.63, 3.8) is 0 Å². The summed E-state index contributed by atoms with van der Waals surface area (Å²) in [5.41, 5.74) is 2.06. The van der Waals surface area contributed by atoms with Gasteiger partial charge in [-0.15, -0.1) is 0 Å². The fourth-order valence-corrected chi connectivity index (χ4v) is 4.19. The van der Waals surface area contributed by atoms with E-state index in [1.165, 1.54) is 70.4 Å². The van der Waals surface area contributed by atoms with Gasteiger partial charge in [-0.1, -0.05) is 18.6 Å². The Labute approximate surface area is 153 Å². The van der Waals surface area contributed by atoms with E-state index in [-0.39, 0.29) is 0 Å². The zero-order valence-electron chi connectivity index (χ0n) is 15.7. The first kappa shape index (κ1) is 18.4. The molecule has 0 N–H and O–H groups in total. The topological polar surface area (TPSA) is 33.5 Å². The van der Waals surface area contributed by atoms with Crippen LogP contribution in [-0.4, -0.2) is 67.1 Å². The van der Waals surface area contributed by atoms with Gasteiger partial charge in [-0.25, -0.2) is 0 Å². The second-order valence-corrected chi connectivity index (χ2v) is 7.70. The van der Waals surface area contributed by atoms with E-state index in [1.54, 1.807) is 0 Å². The predicted molar refractivity (Wildman–Crippen MR) is 102 cm³/mol. The molecular weight excluding hydrogens is 308 g/mol. The van der Waals surface area contributed by atoms with Gasteiger partial charge in [0, 0.05) is 25.7 Å². The average Bonchev–Trinajstić information content (AvgIpc) is 2.87. The standard InChI is InChI=1S/C21H32N4/c1-23-11-3-2-5-21(23)10-14-24-12-4-13-25(16-15-24)18-20-8-6-19(17-22)7-9-20/h6-9,21H,2-5,10-16,18H2,1H3/t21-/m1/s1. The van der Waals surface area contributed by atoms with Crippen LogP contribution in [-0.2, 0) is 6.54 Å². The molecule has 0 bridgehead atoms. The summed E-state index contributed by atoms with van der Waals surface area (Å²) in [4.78, 5) is 7.80. The number of benzene rings is 1. The summed E-state index contributed by atoms with van der Waals surface area (Å²) in [6.07, 6.45) is 6.76. The van der Waals surface area contributed by atoms with Gasteiger partial charge < -0.3 is 9.80 Å². The predicted octanol–water partition coefficient (Wildman–Crippen LogP) is 2.94. The van der Waals surface area contributed by atoms with Crippen molar-refractivity contribution >= 4 is 0 Å². The van der Waals surface area contributed by atoms with Gasteiger partial charge in [-0.2, -0.15) is 5.26 Å². The molecule has 1 aromatic rings. The van der Waals surface area contributed by atoms with Crippen molar-refractivity contribution in [2.75, 3.05) is 46.3 Å². The number of likely N-dealkylation sites (tertiary alicyclic amines) is 1. The van der Waals surface area contributed by atoms with Crippen LogP contribution in [0.5, 0.6) is 0 Å². The summed E-state index contributed by atoms with van der Waals surface area (Å²) in [6, 6.07) is 11.0. The molecule has 0 radical (unpaired) electrons. The number of nitrogens with zero attached hydrogens (tertiary/aromatic N) is 4. The third-order valence-electron chi connectivity index (χ3n) is 5.87. The van der Waals surface area contributed by atoms with E-state index in [0.717, 1.165) is 24.7 Å². The maximum atomic E-state index is 8.91. The first-order valence-electron chi connectivity index (χ1n) is 9.88. The lowest BCUT2D eigenvalue weighted by Gasteiger charge is -2.34. The van der Waals surface area contributed by atoms with Gasteiger partial charge in [0.05, 0.1) is 11.6 Å². The smallest absolute Gasteiger partial charge is 0.0991 e. The number of piperidine rings is 1. The molecule has 3 rings (SSSR count). The first-order chi connectivity index (χ1) is 12.2. The van der Waals surface area contributed by atoms with Crippen molar-refractivity contribution in [1.82, 2.24) is 14.7 Å². The third-order valence-corrected chi connectivity index (χ3v) is 5.87. The molecule has 25 heavy (non-hydrogen) atoms. The van der Waals surface area contributed by atoms with Crippen molar-refractivity contribution < 1.29 is 0 Å². The molecule has 0 amide bonds. The highest BCUT2D eigenvalue weighted by atomic mass is 15.2. The average molecular weight is 341 g/mol. The molecule has 0 aliphatic carbocycles. The Morgan fingerprint density at radius 1 is 0.960 bits per heavy atom. The zero-order chi connectivity index (χ0) is 17.5. The van der Waals surface area contributed by atoms with Gasteiger partial charge in [0.2, 0.25) is 0 Å². The van der Waals surface area contributed by atoms with Crippen LogP contribution in [0, 0.1) is 11.3 Å². The zero-order valence-corrected chi connectivity index (χ0v) is 15.7. The Morgan fingerprint density at radius 3 is 2.48 bits per heavy atom. The van der Waals surface area contributed by atoms with Gasteiger partial charge in [0.25, 0.3) is 0 Å². The maximum absolute atomic E-state index is 8.91. The lowest BCUT2D eigenvalue weighted by Crippen LogP contribution is -2.39. The van der Waals surface area contributed by atoms with Crippen molar-refractivity contribution in [3.8, 4) is 6.07 Å². The number of rotatable bonds is 5. The van der Waals surface area contributed by atoms with E-state index in [1.807, 2.05) is 12.1 Å². The molecule has 2 saturated heterocycles. The minimum atomic E-state index is 0.749. The normalized spacial score (nSPS) is 23.9. The minimum absolute atomic E-state index is 0.749. The van der Waals surface area contributed by atoms with Crippen LogP contribution in [0.15, 0.2) is 24.3 Å². The molecule has 2 heterocycles. The summed E-state index contributed by atoms with van der Waals surface area (Å²) in [5, 5.41) is 8.91. The summed E-state index contributed by atoms with van der Waals surface area (Å²) in [6.45, 7) is 8.29. The van der Waals surface area contributed by atoms with Gasteiger partial charge in [0.15, 0.2) is 0 Å². The molecule has 0 aromatic heterocycles. The summed E-state index contributed by atoms with van der Waals surface area (Å²) in [5.74, 6) is 0. The van der Waals surface area contributed by atoms with Gasteiger partial charge in [0.1, 0.15) is 0 Å². The largest absolute Gasteiger partial charge is 0.303 e. The molecule has 136 valence electrons. The van der Waals surface area contributed by atoms with Crippen molar-refractivity contribution in [2.24, 2.45) is 0 Å². The van der Waals surface area contributed by atoms with Gasteiger partial charge in [-0.3, -0.25) is 4.90 Å². The molecule has 4 heteroatoms. The molecule has 0 saturated carbocycles. The van der Waals surface area contributed by atoms with E-state index in [0.29, 0.717) is 0 Å². The number of nitriles is 1. The molecule has 2 fully saturated rings. The van der Waals surface area contributed by atoms with Crippen LogP contribution in [0.25, 0.3) is 0 Å². The van der Waals surface area contributed by atoms with Crippen LogP contribution >= 0.6 is 0 Å². The molecule has 2 aliphatic heterocycles. The van der Waals surface area contributed by atoms with E-state index in [2.05, 4.69) is 39.9 Å². The second kappa shape index (κ2) is 9.33. The first-order valence-corrected chi connectivity index (χ1v) is 9.88. The van der Waals surface area contributed by atoms with E-state index in [4.69, 9.17) is 5.26 Å². The SMILES string of the molecule is CN1CCCC[C@@H]1CCN1CCCN(Cc2ccc(C#N)cc2)CC1. The lowest BCUT2D eigenvalue weighted by atomic mass is 10.00. The molecular formula is C21H32N4. The fourth-order valence-electron chi connectivity index (χ4n) is 4.19. The summed E-state index contributed by atoms with van der Waals surface area (Å²) >= 11 is 0. The third kappa shape index (κ3) is 5.54. The van der Waals surface area contributed by atoms with Gasteiger partial charge >= 0.3 is 0 Å². The molecule has 2 aliphatic rings. The fraction of sp³-hybridized carbons (Fsp3) is 0.667. The molecule has 4 nitrogen and oxygen atoms in total. The molecule has 1 aromatic carbocycles. The Balaban J connectivity index is 1.43. The Hall–Kier alpha value is -1.41. The molecule has 0 spiro atoms. The lowest BCUT2D eigenvalue weighted by molar-refractivity contribution is 0.154. The van der Waals surface area contributed by atoms with Crippen LogP contribution in [0.3, 0.4) is 0 Å². The van der Waals surface area contributed by atoms with E-state index < -0.39 is 0 Å². The van der Waals surface area contributed by atoms with Crippen LogP contribution < -0.4 is 0 Å². The number of hydrogen-bond donors (Lipinski definition) is 0. The Bertz CT molecular complexity index is 562. The molecule has 0 unspecified atom stereocenters. The van der Waals surface area contributed by atoms with E-state index in [9.17, 15) is 0 Å². The van der Waals surface area contributed by atoms with Crippen molar-refractivity contribution in [1.29, 1.82) is 5.26 Å². The highest BCUT2D eigenvalue weighted by molar-refractivity contribution is 5.31. The Morgan fingerprint density at radius 2 is 1.72 bits per heavy atom. The van der Waals surface area contributed by atoms with E-state index >= 15 is 0 Å². The van der Waals surface area contributed by atoms with Crippen molar-refractivity contribution in [2.45, 2.75) is 44.7 Å². The van der Waals surface area contributed by atoms with Gasteiger partial charge in [-0.05, 0) is 76.6 Å². The maximum Gasteiger partial charge on any atom is 0.0991 e. The highest BCUT2D eigenvalue weighted by Gasteiger charge is 2.21. The minimum Gasteiger partial charge on any atom is -0.303 e. The van der Waals surface area contributed by atoms with Crippen LogP contribution in [0.2, 0.25) is 0 Å². The number of hydrogen-bond acceptors (Lipinski definition) is 4. The second-order valence-electron chi connectivity index (χ2n) is 7.70. The highest BCUT2D eigenvalue weighted by Crippen LogP contribution is 2.18. The monoisotopic (exact) mass is 340 g/mol. The van der Waals surface area contributed by atoms with Crippen molar-refractivity contribution in [3.05, 3.63) is 35.4 Å².